The Morgan fingerprint density at radius 2 is 2.21 bits per heavy atom. The van der Waals surface area contributed by atoms with Gasteiger partial charge in [-0.05, 0) is 38.3 Å². The van der Waals surface area contributed by atoms with Gasteiger partial charge in [-0.2, -0.15) is 0 Å². The maximum Gasteiger partial charge on any atom is 0.355 e. The molecule has 1 aromatic heterocycles. The minimum atomic E-state index is -1.00. The van der Waals surface area contributed by atoms with Crippen molar-refractivity contribution in [1.29, 1.82) is 0 Å². The number of thioether (sulfide) groups is 1. The molecule has 6 nitrogen and oxygen atoms in total. The molecule has 29 heavy (non-hydrogen) atoms. The molecule has 0 aliphatic carbocycles. The van der Waals surface area contributed by atoms with E-state index in [1.165, 1.54) is 28.7 Å². The predicted octanol–water partition coefficient (Wildman–Crippen LogP) is 3.54. The van der Waals surface area contributed by atoms with E-state index >= 15 is 0 Å². The summed E-state index contributed by atoms with van der Waals surface area (Å²) in [6.07, 6.45) is 3.61. The van der Waals surface area contributed by atoms with Crippen LogP contribution in [0, 0.1) is 0 Å². The minimum Gasteiger partial charge on any atom is -0.476 e. The Bertz CT molecular complexity index is 813. The van der Waals surface area contributed by atoms with Gasteiger partial charge in [-0.25, -0.2) is 9.78 Å². The highest BCUT2D eigenvalue weighted by Crippen LogP contribution is 2.26. The molecule has 1 fully saturated rings. The van der Waals surface area contributed by atoms with Gasteiger partial charge in [0.1, 0.15) is 0 Å². The van der Waals surface area contributed by atoms with Gasteiger partial charge in [0.15, 0.2) is 10.0 Å². The summed E-state index contributed by atoms with van der Waals surface area (Å²) in [5.74, 6) is -0.0795. The lowest BCUT2D eigenvalue weighted by Crippen LogP contribution is -2.47. The number of nitrogens with one attached hydrogen (secondary N) is 1. The van der Waals surface area contributed by atoms with Gasteiger partial charge in [0.05, 0.1) is 0 Å². The fourth-order valence-electron chi connectivity index (χ4n) is 3.62. The van der Waals surface area contributed by atoms with Crippen LogP contribution in [0.4, 0.5) is 0 Å². The predicted molar refractivity (Wildman–Crippen MR) is 117 cm³/mol. The van der Waals surface area contributed by atoms with E-state index < -0.39 is 5.97 Å². The summed E-state index contributed by atoms with van der Waals surface area (Å²) in [6.45, 7) is 3.75. The van der Waals surface area contributed by atoms with E-state index in [9.17, 15) is 9.59 Å². The second kappa shape index (κ2) is 10.8. The molecule has 0 bridgehead atoms. The number of likely N-dealkylation sites (tertiary alicyclic amines) is 1. The topological polar surface area (TPSA) is 82.5 Å². The van der Waals surface area contributed by atoms with Gasteiger partial charge in [-0.1, -0.05) is 42.1 Å². The first kappa shape index (κ1) is 21.8. The molecule has 2 aromatic rings. The summed E-state index contributed by atoms with van der Waals surface area (Å²) >= 11 is 2.85. The molecule has 0 saturated carbocycles. The first-order valence-corrected chi connectivity index (χ1v) is 11.8. The molecule has 1 amide bonds. The van der Waals surface area contributed by atoms with Crippen LogP contribution >= 0.6 is 23.1 Å². The maximum absolute atomic E-state index is 12.3. The summed E-state index contributed by atoms with van der Waals surface area (Å²) in [7, 11) is 0. The normalized spacial score (nSPS) is 17.6. The van der Waals surface area contributed by atoms with Gasteiger partial charge in [0.2, 0.25) is 5.91 Å². The average Bonchev–Trinajstić information content (AvgIpc) is 3.33. The summed E-state index contributed by atoms with van der Waals surface area (Å²) < 4.78 is 0.734. The van der Waals surface area contributed by atoms with Crippen LogP contribution in [0.3, 0.4) is 0 Å². The van der Waals surface area contributed by atoms with Crippen molar-refractivity contribution in [1.82, 2.24) is 15.2 Å². The van der Waals surface area contributed by atoms with Gasteiger partial charge in [0.25, 0.3) is 0 Å². The van der Waals surface area contributed by atoms with E-state index in [4.69, 9.17) is 5.11 Å². The molecule has 1 aliphatic heterocycles. The van der Waals surface area contributed by atoms with Crippen molar-refractivity contribution in [2.75, 3.05) is 18.8 Å². The molecule has 2 atom stereocenters. The molecule has 0 radical (unpaired) electrons. The minimum absolute atomic E-state index is 0.0842. The number of benzene rings is 1. The van der Waals surface area contributed by atoms with Crippen LogP contribution in [0.2, 0.25) is 0 Å². The number of carboxylic acid groups (broad SMARTS) is 1. The second-order valence-corrected chi connectivity index (χ2v) is 9.38. The van der Waals surface area contributed by atoms with Crippen LogP contribution in [0.5, 0.6) is 0 Å². The van der Waals surface area contributed by atoms with Gasteiger partial charge in [-0.15, -0.1) is 11.3 Å². The molecule has 2 N–H and O–H groups in total. The number of aryl methyl sites for hydroxylation is 1. The van der Waals surface area contributed by atoms with Gasteiger partial charge >= 0.3 is 5.97 Å². The van der Waals surface area contributed by atoms with Crippen LogP contribution in [-0.2, 0) is 11.2 Å². The van der Waals surface area contributed by atoms with Crippen LogP contribution in [0.1, 0.15) is 42.2 Å². The van der Waals surface area contributed by atoms with Crippen molar-refractivity contribution in [2.45, 2.75) is 49.0 Å². The van der Waals surface area contributed by atoms with Crippen LogP contribution in [-0.4, -0.2) is 57.8 Å². The molecule has 156 valence electrons. The fourth-order valence-corrected chi connectivity index (χ4v) is 5.43. The molecular formula is C21H27N3O3S2. The molecule has 1 unspecified atom stereocenters. The third kappa shape index (κ3) is 6.29. The van der Waals surface area contributed by atoms with Crippen LogP contribution < -0.4 is 5.32 Å². The van der Waals surface area contributed by atoms with Gasteiger partial charge in [-0.3, -0.25) is 4.79 Å². The Kier molecular flexibility index (Phi) is 8.09. The Hall–Kier alpha value is -1.90. The summed E-state index contributed by atoms with van der Waals surface area (Å²) in [6, 6.07) is 10.9. The standard InChI is InChI=1S/C21H27N3O3S2/c1-15(22-11-5-8-16-6-3-2-4-7-16)18-9-10-19(25)24(18)12-13-28-21-23-17(14-29-21)20(26)27/h2-4,6-7,14-15,18,22H,5,8-13H2,1H3,(H,26,27)/t15?,18-/m1/s1. The quantitative estimate of drug-likeness (QED) is 0.417. The number of aromatic nitrogens is 1. The van der Waals surface area contributed by atoms with Crippen molar-refractivity contribution in [3.63, 3.8) is 0 Å². The molecule has 0 spiro atoms. The third-order valence-corrected chi connectivity index (χ3v) is 7.16. The van der Waals surface area contributed by atoms with Crippen molar-refractivity contribution < 1.29 is 14.7 Å². The fraction of sp³-hybridized carbons (Fsp3) is 0.476. The Morgan fingerprint density at radius 1 is 1.41 bits per heavy atom. The van der Waals surface area contributed by atoms with Crippen molar-refractivity contribution in [3.05, 3.63) is 47.0 Å². The average molecular weight is 434 g/mol. The molecule has 3 rings (SSSR count). The van der Waals surface area contributed by atoms with E-state index in [0.29, 0.717) is 13.0 Å². The van der Waals surface area contributed by atoms with Crippen LogP contribution in [0.15, 0.2) is 40.1 Å². The van der Waals surface area contributed by atoms with Crippen molar-refractivity contribution >= 4 is 35.0 Å². The molecule has 2 heterocycles. The largest absolute Gasteiger partial charge is 0.476 e. The summed E-state index contributed by atoms with van der Waals surface area (Å²) in [4.78, 5) is 29.3. The second-order valence-electron chi connectivity index (χ2n) is 7.18. The Labute approximate surface area is 179 Å². The molecule has 8 heteroatoms. The number of thiazole rings is 1. The van der Waals surface area contributed by atoms with E-state index in [0.717, 1.165) is 35.9 Å². The first-order chi connectivity index (χ1) is 14.0. The smallest absolute Gasteiger partial charge is 0.355 e. The van der Waals surface area contributed by atoms with Crippen molar-refractivity contribution in [3.8, 4) is 0 Å². The van der Waals surface area contributed by atoms with E-state index in [-0.39, 0.29) is 23.7 Å². The van der Waals surface area contributed by atoms with Gasteiger partial charge in [0, 0.05) is 36.2 Å². The van der Waals surface area contributed by atoms with E-state index in [1.807, 2.05) is 11.0 Å². The molecule has 1 aliphatic rings. The number of hydrogen-bond acceptors (Lipinski definition) is 6. The van der Waals surface area contributed by atoms with Crippen molar-refractivity contribution in [2.24, 2.45) is 0 Å². The zero-order valence-electron chi connectivity index (χ0n) is 16.5. The first-order valence-electron chi connectivity index (χ1n) is 9.93. The number of aromatic carboxylic acids is 1. The van der Waals surface area contributed by atoms with E-state index in [2.05, 4.69) is 41.5 Å². The highest BCUT2D eigenvalue weighted by atomic mass is 32.2. The molecular weight excluding hydrogens is 406 g/mol. The zero-order chi connectivity index (χ0) is 20.6. The van der Waals surface area contributed by atoms with Gasteiger partial charge < -0.3 is 15.3 Å². The summed E-state index contributed by atoms with van der Waals surface area (Å²) in [5, 5.41) is 14.1. The third-order valence-electron chi connectivity index (χ3n) is 5.16. The lowest BCUT2D eigenvalue weighted by atomic mass is 10.1. The SMILES string of the molecule is CC(NCCCc1ccccc1)[C@H]1CCC(=O)N1CCSc1nc(C(=O)O)cs1. The lowest BCUT2D eigenvalue weighted by Gasteiger charge is -2.30. The maximum atomic E-state index is 12.3. The summed E-state index contributed by atoms with van der Waals surface area (Å²) in [5.41, 5.74) is 1.44. The number of carboxylic acids is 1. The lowest BCUT2D eigenvalue weighted by molar-refractivity contribution is -0.129. The highest BCUT2D eigenvalue weighted by molar-refractivity contribution is 8.01. The number of hydrogen-bond donors (Lipinski definition) is 2. The molecule has 1 saturated heterocycles. The highest BCUT2D eigenvalue weighted by Gasteiger charge is 2.33. The number of carbonyl (C=O) groups is 2. The number of nitrogens with zero attached hydrogens (tertiary/aromatic N) is 2. The monoisotopic (exact) mass is 433 g/mol. The van der Waals surface area contributed by atoms with Crippen LogP contribution in [0.25, 0.3) is 0 Å². The Morgan fingerprint density at radius 3 is 2.93 bits per heavy atom. The number of amides is 1. The van der Waals surface area contributed by atoms with E-state index in [1.54, 1.807) is 5.38 Å². The number of carbonyl (C=O) groups excluding carboxylic acids is 1. The molecule has 1 aromatic carbocycles. The zero-order valence-corrected chi connectivity index (χ0v) is 18.2. The number of rotatable bonds is 11. The Balaban J connectivity index is 1.41.